The van der Waals surface area contributed by atoms with Gasteiger partial charge in [-0.1, -0.05) is 60.1 Å². The highest BCUT2D eigenvalue weighted by atomic mass is 35.5. The van der Waals surface area contributed by atoms with Crippen LogP contribution in [0.2, 0.25) is 5.02 Å². The van der Waals surface area contributed by atoms with Crippen LogP contribution in [0.5, 0.6) is 5.75 Å². The first-order valence-corrected chi connectivity index (χ1v) is 10.3. The maximum Gasteiger partial charge on any atom is 0.261 e. The molecule has 0 saturated heterocycles. The van der Waals surface area contributed by atoms with Crippen LogP contribution in [0.3, 0.4) is 0 Å². The van der Waals surface area contributed by atoms with Crippen molar-refractivity contribution in [3.8, 4) is 5.75 Å². The van der Waals surface area contributed by atoms with E-state index in [-0.39, 0.29) is 25.0 Å². The quantitative estimate of drug-likeness (QED) is 0.552. The van der Waals surface area contributed by atoms with Crippen molar-refractivity contribution >= 4 is 23.4 Å². The number of para-hydroxylation sites is 1. The number of aromatic nitrogens is 1. The first kappa shape index (κ1) is 22.3. The van der Waals surface area contributed by atoms with Crippen LogP contribution < -0.4 is 10.1 Å². The zero-order valence-corrected chi connectivity index (χ0v) is 18.0. The molecule has 3 aromatic rings. The Labute approximate surface area is 186 Å². The summed E-state index contributed by atoms with van der Waals surface area (Å²) in [4.78, 5) is 31.4. The fourth-order valence-corrected chi connectivity index (χ4v) is 3.18. The molecule has 6 nitrogen and oxygen atoms in total. The highest BCUT2D eigenvalue weighted by molar-refractivity contribution is 6.32. The number of hydrogen-bond acceptors (Lipinski definition) is 4. The highest BCUT2D eigenvalue weighted by Gasteiger charge is 2.26. The molecule has 2 amide bonds. The predicted molar refractivity (Wildman–Crippen MR) is 119 cm³/mol. The summed E-state index contributed by atoms with van der Waals surface area (Å²) >= 11 is 6.11. The minimum atomic E-state index is -0.695. The summed E-state index contributed by atoms with van der Waals surface area (Å²) in [5.74, 6) is -0.149. The predicted octanol–water partition coefficient (Wildman–Crippen LogP) is 3.85. The topological polar surface area (TPSA) is 71.5 Å². The number of nitrogens with one attached hydrogen (secondary N) is 1. The lowest BCUT2D eigenvalue weighted by atomic mass is 10.1. The van der Waals surface area contributed by atoms with E-state index in [0.29, 0.717) is 17.3 Å². The molecule has 0 radical (unpaired) electrons. The number of rotatable bonds is 9. The minimum Gasteiger partial charge on any atom is -0.482 e. The molecule has 160 valence electrons. The maximum absolute atomic E-state index is 13.0. The zero-order chi connectivity index (χ0) is 22.1. The second kappa shape index (κ2) is 11.1. The normalized spacial score (nSPS) is 11.4. The molecule has 0 unspecified atom stereocenters. The molecule has 0 saturated carbocycles. The van der Waals surface area contributed by atoms with Gasteiger partial charge in [0, 0.05) is 25.5 Å². The summed E-state index contributed by atoms with van der Waals surface area (Å²) < 4.78 is 5.61. The van der Waals surface area contributed by atoms with Crippen LogP contribution in [0.15, 0.2) is 79.1 Å². The van der Waals surface area contributed by atoms with Gasteiger partial charge in [0.05, 0.1) is 5.02 Å². The van der Waals surface area contributed by atoms with Crippen LogP contribution in [-0.2, 0) is 22.7 Å². The van der Waals surface area contributed by atoms with E-state index in [2.05, 4.69) is 10.3 Å². The highest BCUT2D eigenvalue weighted by Crippen LogP contribution is 2.23. The summed E-state index contributed by atoms with van der Waals surface area (Å²) in [6.45, 7) is 2.10. The third-order valence-corrected chi connectivity index (χ3v) is 5.05. The largest absolute Gasteiger partial charge is 0.482 e. The molecule has 2 aromatic carbocycles. The van der Waals surface area contributed by atoms with Gasteiger partial charge in [-0.05, 0) is 36.2 Å². The van der Waals surface area contributed by atoms with Crippen molar-refractivity contribution in [1.29, 1.82) is 0 Å². The Balaban J connectivity index is 1.69. The summed E-state index contributed by atoms with van der Waals surface area (Å²) in [7, 11) is 0. The molecule has 3 rings (SSSR count). The Bertz CT molecular complexity index is 999. The number of pyridine rings is 1. The van der Waals surface area contributed by atoms with Gasteiger partial charge < -0.3 is 15.0 Å². The number of halogens is 1. The second-order valence-corrected chi connectivity index (χ2v) is 7.39. The lowest BCUT2D eigenvalue weighted by Gasteiger charge is -2.28. The van der Waals surface area contributed by atoms with E-state index < -0.39 is 6.04 Å². The molecule has 0 aliphatic rings. The summed E-state index contributed by atoms with van der Waals surface area (Å²) in [6, 6.07) is 19.5. The van der Waals surface area contributed by atoms with Crippen molar-refractivity contribution in [2.75, 3.05) is 6.61 Å². The van der Waals surface area contributed by atoms with Gasteiger partial charge in [-0.2, -0.15) is 0 Å². The monoisotopic (exact) mass is 437 g/mol. The third kappa shape index (κ3) is 6.55. The fourth-order valence-electron chi connectivity index (χ4n) is 2.99. The van der Waals surface area contributed by atoms with Gasteiger partial charge in [0.1, 0.15) is 11.8 Å². The standard InChI is InChI=1S/C24H24ClN3O3/c1-18(24(30)27-15-20-10-7-13-26-14-20)28(16-19-8-3-2-4-9-19)23(29)17-31-22-12-6-5-11-21(22)25/h2-14,18H,15-17H2,1H3,(H,27,30)/t18-/m0/s1. The molecule has 0 spiro atoms. The number of carbonyl (C=O) groups excluding carboxylic acids is 2. The Kier molecular flexibility index (Phi) is 8.01. The molecule has 0 aliphatic carbocycles. The molecule has 31 heavy (non-hydrogen) atoms. The van der Waals surface area contributed by atoms with Gasteiger partial charge in [-0.15, -0.1) is 0 Å². The molecule has 1 aromatic heterocycles. The Hall–Kier alpha value is -3.38. The molecule has 0 bridgehead atoms. The van der Waals surface area contributed by atoms with Crippen LogP contribution in [0.1, 0.15) is 18.1 Å². The zero-order valence-electron chi connectivity index (χ0n) is 17.2. The van der Waals surface area contributed by atoms with Gasteiger partial charge in [-0.25, -0.2) is 0 Å². The lowest BCUT2D eigenvalue weighted by molar-refractivity contribution is -0.142. The average Bonchev–Trinajstić information content (AvgIpc) is 2.81. The summed E-state index contributed by atoms with van der Waals surface area (Å²) in [5.41, 5.74) is 1.80. The SMILES string of the molecule is C[C@@H](C(=O)NCc1cccnc1)N(Cc1ccccc1)C(=O)COc1ccccc1Cl. The second-order valence-electron chi connectivity index (χ2n) is 6.98. The van der Waals surface area contributed by atoms with E-state index >= 15 is 0 Å². The molecular formula is C24H24ClN3O3. The van der Waals surface area contributed by atoms with Crippen LogP contribution in [0.25, 0.3) is 0 Å². The van der Waals surface area contributed by atoms with Gasteiger partial charge in [0.15, 0.2) is 6.61 Å². The summed E-state index contributed by atoms with van der Waals surface area (Å²) in [6.07, 6.45) is 3.36. The van der Waals surface area contributed by atoms with E-state index in [4.69, 9.17) is 16.3 Å². The van der Waals surface area contributed by atoms with Crippen LogP contribution in [-0.4, -0.2) is 34.3 Å². The first-order valence-electron chi connectivity index (χ1n) is 9.92. The maximum atomic E-state index is 13.0. The molecule has 7 heteroatoms. The third-order valence-electron chi connectivity index (χ3n) is 4.74. The molecule has 1 atom stereocenters. The van der Waals surface area contributed by atoms with Crippen molar-refractivity contribution in [3.63, 3.8) is 0 Å². The van der Waals surface area contributed by atoms with Gasteiger partial charge in [0.25, 0.3) is 5.91 Å². The first-order chi connectivity index (χ1) is 15.0. The molecule has 1 N–H and O–H groups in total. The van der Waals surface area contributed by atoms with Crippen molar-refractivity contribution in [2.24, 2.45) is 0 Å². The van der Waals surface area contributed by atoms with Crippen molar-refractivity contribution in [1.82, 2.24) is 15.2 Å². The van der Waals surface area contributed by atoms with Gasteiger partial charge in [-0.3, -0.25) is 14.6 Å². The van der Waals surface area contributed by atoms with Crippen molar-refractivity contribution in [3.05, 3.63) is 95.3 Å². The fraction of sp³-hybridized carbons (Fsp3) is 0.208. The lowest BCUT2D eigenvalue weighted by Crippen LogP contribution is -2.48. The smallest absolute Gasteiger partial charge is 0.261 e. The number of benzene rings is 2. The van der Waals surface area contributed by atoms with E-state index in [1.807, 2.05) is 42.5 Å². The number of ether oxygens (including phenoxy) is 1. The van der Waals surface area contributed by atoms with E-state index in [1.165, 1.54) is 4.90 Å². The number of nitrogens with zero attached hydrogens (tertiary/aromatic N) is 2. The van der Waals surface area contributed by atoms with Gasteiger partial charge >= 0.3 is 0 Å². The van der Waals surface area contributed by atoms with Crippen LogP contribution >= 0.6 is 11.6 Å². The molecule has 0 aliphatic heterocycles. The Morgan fingerprint density at radius 1 is 1.03 bits per heavy atom. The number of amides is 2. The average molecular weight is 438 g/mol. The molecule has 0 fully saturated rings. The summed E-state index contributed by atoms with van der Waals surface area (Å²) in [5, 5.41) is 3.29. The van der Waals surface area contributed by atoms with E-state index in [1.54, 1.807) is 43.6 Å². The van der Waals surface area contributed by atoms with Crippen molar-refractivity contribution < 1.29 is 14.3 Å². The molecule has 1 heterocycles. The Morgan fingerprint density at radius 2 is 1.74 bits per heavy atom. The number of carbonyl (C=O) groups is 2. The van der Waals surface area contributed by atoms with E-state index in [0.717, 1.165) is 11.1 Å². The van der Waals surface area contributed by atoms with Crippen LogP contribution in [0, 0.1) is 0 Å². The van der Waals surface area contributed by atoms with Crippen LogP contribution in [0.4, 0.5) is 0 Å². The minimum absolute atomic E-state index is 0.225. The van der Waals surface area contributed by atoms with E-state index in [9.17, 15) is 9.59 Å². The molecular weight excluding hydrogens is 414 g/mol. The number of hydrogen-bond donors (Lipinski definition) is 1. The van der Waals surface area contributed by atoms with Crippen molar-refractivity contribution in [2.45, 2.75) is 26.1 Å². The van der Waals surface area contributed by atoms with Gasteiger partial charge in [0.2, 0.25) is 5.91 Å². The Morgan fingerprint density at radius 3 is 2.45 bits per heavy atom.